The molecule has 0 unspecified atom stereocenters. The van der Waals surface area contributed by atoms with Gasteiger partial charge in [0, 0.05) is 30.9 Å². The van der Waals surface area contributed by atoms with Gasteiger partial charge in [-0.05, 0) is 31.9 Å². The number of nitrogens with zero attached hydrogens (tertiary/aromatic N) is 2. The molecule has 0 aliphatic rings. The topological polar surface area (TPSA) is 64.3 Å². The number of hydrogen-bond donors (Lipinski definition) is 1. The molecule has 0 bridgehead atoms. The van der Waals surface area contributed by atoms with Gasteiger partial charge in [0.05, 0.1) is 12.1 Å². The van der Waals surface area contributed by atoms with Gasteiger partial charge in [0.2, 0.25) is 0 Å². The first-order chi connectivity index (χ1) is 9.26. The third-order valence-corrected chi connectivity index (χ3v) is 2.95. The number of hydrogen-bond acceptors (Lipinski definition) is 4. The molecular formula is C14H18N2O3. The van der Waals surface area contributed by atoms with Gasteiger partial charge in [0.1, 0.15) is 5.69 Å². The quantitative estimate of drug-likeness (QED) is 0.638. The first-order valence-electron chi connectivity index (χ1n) is 6.49. The Morgan fingerprint density at radius 2 is 2.32 bits per heavy atom. The fourth-order valence-corrected chi connectivity index (χ4v) is 1.99. The van der Waals surface area contributed by atoms with E-state index < -0.39 is 5.97 Å². The minimum absolute atomic E-state index is 0.203. The molecule has 5 nitrogen and oxygen atoms in total. The number of rotatable bonds is 6. The molecule has 0 aromatic carbocycles. The summed E-state index contributed by atoms with van der Waals surface area (Å²) in [4.78, 5) is 15.8. The molecule has 2 aromatic rings. The molecular weight excluding hydrogens is 244 g/mol. The second-order valence-corrected chi connectivity index (χ2v) is 4.29. The van der Waals surface area contributed by atoms with Crippen LogP contribution in [0.1, 0.15) is 30.3 Å². The number of aliphatic hydroxyl groups excluding tert-OH is 1. The monoisotopic (exact) mass is 262 g/mol. The molecule has 0 fully saturated rings. The van der Waals surface area contributed by atoms with E-state index in [2.05, 4.69) is 9.55 Å². The molecule has 0 saturated heterocycles. The van der Waals surface area contributed by atoms with Crippen LogP contribution in [0.15, 0.2) is 24.5 Å². The molecule has 0 aliphatic carbocycles. The van der Waals surface area contributed by atoms with Crippen molar-refractivity contribution in [3.63, 3.8) is 0 Å². The molecule has 1 N–H and O–H groups in total. The van der Waals surface area contributed by atoms with Crippen LogP contribution >= 0.6 is 0 Å². The molecule has 0 aliphatic heterocycles. The van der Waals surface area contributed by atoms with Crippen molar-refractivity contribution in [2.75, 3.05) is 13.2 Å². The van der Waals surface area contributed by atoms with E-state index in [1.165, 1.54) is 0 Å². The summed E-state index contributed by atoms with van der Waals surface area (Å²) >= 11 is 0. The highest BCUT2D eigenvalue weighted by Crippen LogP contribution is 2.17. The zero-order valence-electron chi connectivity index (χ0n) is 11.0. The third kappa shape index (κ3) is 3.12. The molecule has 0 spiro atoms. The van der Waals surface area contributed by atoms with Gasteiger partial charge < -0.3 is 14.4 Å². The van der Waals surface area contributed by atoms with Crippen molar-refractivity contribution < 1.29 is 14.6 Å². The second-order valence-electron chi connectivity index (χ2n) is 4.29. The lowest BCUT2D eigenvalue weighted by Crippen LogP contribution is -2.07. The van der Waals surface area contributed by atoms with E-state index in [9.17, 15) is 4.79 Å². The Labute approximate surface area is 111 Å². The normalized spacial score (nSPS) is 10.8. The number of fused-ring (bicyclic) bond motifs is 1. The summed E-state index contributed by atoms with van der Waals surface area (Å²) in [5.74, 6) is -0.396. The van der Waals surface area contributed by atoms with E-state index in [0.29, 0.717) is 12.3 Å². The Morgan fingerprint density at radius 1 is 1.47 bits per heavy atom. The van der Waals surface area contributed by atoms with E-state index in [1.807, 2.05) is 12.3 Å². The maximum Gasteiger partial charge on any atom is 0.356 e. The summed E-state index contributed by atoms with van der Waals surface area (Å²) in [6.07, 6.45) is 5.33. The zero-order valence-corrected chi connectivity index (χ0v) is 11.0. The largest absolute Gasteiger partial charge is 0.461 e. The van der Waals surface area contributed by atoms with Crippen LogP contribution in [0, 0.1) is 0 Å². The van der Waals surface area contributed by atoms with Crippen LogP contribution in [-0.2, 0) is 11.3 Å². The van der Waals surface area contributed by atoms with Crippen molar-refractivity contribution in [2.45, 2.75) is 26.3 Å². The number of aryl methyl sites for hydroxylation is 1. The first-order valence-corrected chi connectivity index (χ1v) is 6.49. The Bertz CT molecular complexity index is 563. The van der Waals surface area contributed by atoms with Crippen molar-refractivity contribution in [3.8, 4) is 0 Å². The smallest absolute Gasteiger partial charge is 0.356 e. The molecule has 19 heavy (non-hydrogen) atoms. The van der Waals surface area contributed by atoms with Crippen LogP contribution in [0.2, 0.25) is 0 Å². The van der Waals surface area contributed by atoms with Crippen molar-refractivity contribution in [2.24, 2.45) is 0 Å². The predicted octanol–water partition coefficient (Wildman–Crippen LogP) is 1.99. The molecule has 0 atom stereocenters. The molecule has 0 saturated carbocycles. The minimum atomic E-state index is -0.396. The molecule has 2 heterocycles. The number of carbonyl (C=O) groups is 1. The molecule has 5 heteroatoms. The summed E-state index contributed by atoms with van der Waals surface area (Å²) in [7, 11) is 0. The maximum atomic E-state index is 11.7. The van der Waals surface area contributed by atoms with Gasteiger partial charge >= 0.3 is 5.97 Å². The number of aliphatic hydroxyl groups is 1. The van der Waals surface area contributed by atoms with Crippen molar-refractivity contribution in [3.05, 3.63) is 30.2 Å². The second kappa shape index (κ2) is 6.33. The Hall–Kier alpha value is -1.88. The van der Waals surface area contributed by atoms with Gasteiger partial charge in [0.15, 0.2) is 0 Å². The van der Waals surface area contributed by atoms with Crippen LogP contribution in [0.25, 0.3) is 10.9 Å². The molecule has 2 aromatic heterocycles. The van der Waals surface area contributed by atoms with Crippen molar-refractivity contribution in [1.29, 1.82) is 0 Å². The molecule has 102 valence electrons. The number of ether oxygens (including phenoxy) is 1. The summed E-state index contributed by atoms with van der Waals surface area (Å²) in [5, 5.41) is 9.80. The van der Waals surface area contributed by atoms with Crippen LogP contribution in [0.4, 0.5) is 0 Å². The lowest BCUT2D eigenvalue weighted by Gasteiger charge is -2.06. The van der Waals surface area contributed by atoms with Crippen molar-refractivity contribution in [1.82, 2.24) is 9.55 Å². The van der Waals surface area contributed by atoms with Gasteiger partial charge in [-0.1, -0.05) is 0 Å². The van der Waals surface area contributed by atoms with Gasteiger partial charge in [-0.25, -0.2) is 9.78 Å². The van der Waals surface area contributed by atoms with Crippen LogP contribution in [-0.4, -0.2) is 33.8 Å². The average Bonchev–Trinajstić information content (AvgIpc) is 2.82. The number of esters is 1. The highest BCUT2D eigenvalue weighted by Gasteiger charge is 2.10. The predicted molar refractivity (Wildman–Crippen MR) is 72.0 cm³/mol. The average molecular weight is 262 g/mol. The van der Waals surface area contributed by atoms with Gasteiger partial charge in [-0.2, -0.15) is 0 Å². The fraction of sp³-hybridized carbons (Fsp3) is 0.429. The molecule has 0 radical (unpaired) electrons. The Balaban J connectivity index is 2.24. The molecule has 2 rings (SSSR count). The lowest BCUT2D eigenvalue weighted by molar-refractivity contribution is 0.0519. The van der Waals surface area contributed by atoms with E-state index >= 15 is 0 Å². The molecule has 0 amide bonds. The number of unbranched alkanes of at least 4 members (excludes halogenated alkanes) is 1. The first kappa shape index (κ1) is 13.5. The number of pyridine rings is 1. The SMILES string of the molecule is CCOC(=O)c1cc2c(ccn2CCCCO)cn1. The van der Waals surface area contributed by atoms with Gasteiger partial charge in [0.25, 0.3) is 0 Å². The van der Waals surface area contributed by atoms with E-state index in [1.54, 1.807) is 19.2 Å². The Kier molecular flexibility index (Phi) is 4.52. The maximum absolute atomic E-state index is 11.7. The van der Waals surface area contributed by atoms with E-state index in [0.717, 1.165) is 30.3 Å². The summed E-state index contributed by atoms with van der Waals surface area (Å²) in [5.41, 5.74) is 1.30. The fourth-order valence-electron chi connectivity index (χ4n) is 1.99. The standard InChI is InChI=1S/C14H18N2O3/c1-2-19-14(18)12-9-13-11(10-15-12)5-7-16(13)6-3-4-8-17/h5,7,9-10,17H,2-4,6,8H2,1H3. The van der Waals surface area contributed by atoms with Crippen LogP contribution < -0.4 is 0 Å². The van der Waals surface area contributed by atoms with Gasteiger partial charge in [-0.3, -0.25) is 0 Å². The zero-order chi connectivity index (χ0) is 13.7. The number of carbonyl (C=O) groups excluding carboxylic acids is 1. The summed E-state index contributed by atoms with van der Waals surface area (Å²) in [6, 6.07) is 3.72. The summed E-state index contributed by atoms with van der Waals surface area (Å²) < 4.78 is 7.01. The highest BCUT2D eigenvalue weighted by atomic mass is 16.5. The highest BCUT2D eigenvalue weighted by molar-refractivity contribution is 5.92. The van der Waals surface area contributed by atoms with Crippen LogP contribution in [0.5, 0.6) is 0 Å². The number of aromatic nitrogens is 2. The van der Waals surface area contributed by atoms with Crippen LogP contribution in [0.3, 0.4) is 0 Å². The summed E-state index contributed by atoms with van der Waals surface area (Å²) in [6.45, 7) is 3.13. The van der Waals surface area contributed by atoms with Crippen molar-refractivity contribution >= 4 is 16.9 Å². The van der Waals surface area contributed by atoms with Gasteiger partial charge in [-0.15, -0.1) is 0 Å². The van der Waals surface area contributed by atoms with E-state index in [4.69, 9.17) is 9.84 Å². The third-order valence-electron chi connectivity index (χ3n) is 2.95. The van der Waals surface area contributed by atoms with E-state index in [-0.39, 0.29) is 6.61 Å². The Morgan fingerprint density at radius 3 is 3.05 bits per heavy atom. The lowest BCUT2D eigenvalue weighted by atomic mass is 10.2. The minimum Gasteiger partial charge on any atom is -0.461 e.